The van der Waals surface area contributed by atoms with E-state index in [9.17, 15) is 0 Å². The summed E-state index contributed by atoms with van der Waals surface area (Å²) >= 11 is 1.86. The average molecular weight is 473 g/mol. The van der Waals surface area contributed by atoms with Crippen LogP contribution in [0, 0.1) is 0 Å². The molecular weight excluding hydrogens is 437 g/mol. The maximum absolute atomic E-state index is 5.93. The van der Waals surface area contributed by atoms with Crippen LogP contribution in [0.2, 0.25) is 0 Å². The Hall–Kier alpha value is 0.270. The number of nitrogens with one attached hydrogen (secondary N) is 1. The summed E-state index contributed by atoms with van der Waals surface area (Å²) in [5.74, 6) is 1.05. The minimum Gasteiger partial charge on any atom is -0.385 e. The Labute approximate surface area is 169 Å². The first-order chi connectivity index (χ1) is 11.0. The van der Waals surface area contributed by atoms with Crippen LogP contribution in [0.3, 0.4) is 0 Å². The highest BCUT2D eigenvalue weighted by Gasteiger charge is 2.23. The summed E-state index contributed by atoms with van der Waals surface area (Å²) in [6, 6.07) is 0. The molecule has 1 aliphatic heterocycles. The summed E-state index contributed by atoms with van der Waals surface area (Å²) in [6.45, 7) is 12.0. The average Bonchev–Trinajstić information content (AvgIpc) is 2.56. The summed E-state index contributed by atoms with van der Waals surface area (Å²) in [4.78, 5) is 7.21. The van der Waals surface area contributed by atoms with Crippen molar-refractivity contribution in [3.63, 3.8) is 0 Å². The summed E-state index contributed by atoms with van der Waals surface area (Å²) in [5.41, 5.74) is 0. The Balaban J connectivity index is 0.00000529. The van der Waals surface area contributed by atoms with Crippen LogP contribution < -0.4 is 5.32 Å². The monoisotopic (exact) mass is 473 g/mol. The van der Waals surface area contributed by atoms with Crippen LogP contribution in [-0.4, -0.2) is 74.5 Å². The molecule has 1 N–H and O–H groups in total. The van der Waals surface area contributed by atoms with E-state index in [2.05, 4.69) is 37.2 Å². The van der Waals surface area contributed by atoms with Crippen molar-refractivity contribution in [3.8, 4) is 0 Å². The van der Waals surface area contributed by atoms with Crippen LogP contribution in [0.15, 0.2) is 4.99 Å². The highest BCUT2D eigenvalue weighted by atomic mass is 127. The second-order valence-corrected chi connectivity index (χ2v) is 8.05. The maximum Gasteiger partial charge on any atom is 0.193 e. The SMILES string of the molecule is CCNC(=NCC(C)(C)SC)N1CCC(OCCCOC)CC1.I. The minimum absolute atomic E-state index is 0. The molecule has 0 aromatic heterocycles. The molecule has 0 saturated carbocycles. The number of hydrogen-bond donors (Lipinski definition) is 1. The first kappa shape index (κ1) is 24.3. The van der Waals surface area contributed by atoms with Gasteiger partial charge < -0.3 is 19.7 Å². The van der Waals surface area contributed by atoms with E-state index in [-0.39, 0.29) is 28.7 Å². The van der Waals surface area contributed by atoms with Gasteiger partial charge >= 0.3 is 0 Å². The van der Waals surface area contributed by atoms with E-state index in [1.807, 2.05) is 11.8 Å². The number of thioether (sulfide) groups is 1. The Morgan fingerprint density at radius 2 is 1.96 bits per heavy atom. The van der Waals surface area contributed by atoms with E-state index in [0.29, 0.717) is 6.10 Å². The molecule has 1 heterocycles. The molecule has 1 fully saturated rings. The standard InChI is InChI=1S/C17H35N3O2S.HI/c1-6-18-16(19-14-17(2,3)23-5)20-10-8-15(9-11-20)22-13-7-12-21-4;/h15H,6-14H2,1-5H3,(H,18,19);1H. The van der Waals surface area contributed by atoms with Gasteiger partial charge in [0, 0.05) is 44.7 Å². The molecule has 24 heavy (non-hydrogen) atoms. The lowest BCUT2D eigenvalue weighted by atomic mass is 10.1. The largest absolute Gasteiger partial charge is 0.385 e. The fraction of sp³-hybridized carbons (Fsp3) is 0.941. The molecule has 0 spiro atoms. The number of likely N-dealkylation sites (tertiary alicyclic amines) is 1. The molecule has 5 nitrogen and oxygen atoms in total. The van der Waals surface area contributed by atoms with Crippen molar-refractivity contribution in [2.75, 3.05) is 52.8 Å². The number of hydrogen-bond acceptors (Lipinski definition) is 4. The third-order valence-electron chi connectivity index (χ3n) is 4.08. The van der Waals surface area contributed by atoms with Gasteiger partial charge in [-0.1, -0.05) is 0 Å². The molecule has 1 rings (SSSR count). The van der Waals surface area contributed by atoms with Crippen LogP contribution in [0.4, 0.5) is 0 Å². The molecule has 0 amide bonds. The first-order valence-corrected chi connectivity index (χ1v) is 9.94. The molecule has 0 bridgehead atoms. The smallest absolute Gasteiger partial charge is 0.193 e. The zero-order valence-corrected chi connectivity index (χ0v) is 19.1. The maximum atomic E-state index is 5.93. The van der Waals surface area contributed by atoms with Gasteiger partial charge in [-0.05, 0) is 46.3 Å². The fourth-order valence-electron chi connectivity index (χ4n) is 2.44. The highest BCUT2D eigenvalue weighted by Crippen LogP contribution is 2.21. The molecule has 0 unspecified atom stereocenters. The van der Waals surface area contributed by atoms with Gasteiger partial charge in [0.15, 0.2) is 5.96 Å². The summed E-state index contributed by atoms with van der Waals surface area (Å²) in [5, 5.41) is 3.43. The van der Waals surface area contributed by atoms with E-state index in [1.54, 1.807) is 7.11 Å². The highest BCUT2D eigenvalue weighted by molar-refractivity contribution is 14.0. The number of methoxy groups -OCH3 is 1. The molecule has 7 heteroatoms. The normalized spacial score (nSPS) is 16.9. The minimum atomic E-state index is 0. The van der Waals surface area contributed by atoms with Crippen LogP contribution in [-0.2, 0) is 9.47 Å². The topological polar surface area (TPSA) is 46.1 Å². The Kier molecular flexibility index (Phi) is 13.6. The predicted molar refractivity (Wildman–Crippen MR) is 116 cm³/mol. The Morgan fingerprint density at radius 1 is 1.29 bits per heavy atom. The van der Waals surface area contributed by atoms with Crippen LogP contribution in [0.5, 0.6) is 0 Å². The third-order valence-corrected chi connectivity index (χ3v) is 5.32. The van der Waals surface area contributed by atoms with Gasteiger partial charge in [0.25, 0.3) is 0 Å². The van der Waals surface area contributed by atoms with Crippen molar-refractivity contribution < 1.29 is 9.47 Å². The van der Waals surface area contributed by atoms with E-state index in [4.69, 9.17) is 14.5 Å². The second kappa shape index (κ2) is 13.5. The Bertz CT molecular complexity index is 349. The van der Waals surface area contributed by atoms with Crippen LogP contribution >= 0.6 is 35.7 Å². The number of piperidine rings is 1. The quantitative estimate of drug-likeness (QED) is 0.241. The van der Waals surface area contributed by atoms with Crippen molar-refractivity contribution >= 4 is 41.7 Å². The van der Waals surface area contributed by atoms with Gasteiger partial charge in [0.1, 0.15) is 0 Å². The lowest BCUT2D eigenvalue weighted by Crippen LogP contribution is -2.47. The van der Waals surface area contributed by atoms with Gasteiger partial charge in [0.05, 0.1) is 12.6 Å². The predicted octanol–water partition coefficient (Wildman–Crippen LogP) is 3.23. The summed E-state index contributed by atoms with van der Waals surface area (Å²) in [6.07, 6.45) is 5.65. The van der Waals surface area contributed by atoms with Gasteiger partial charge in [-0.15, -0.1) is 24.0 Å². The zero-order chi connectivity index (χ0) is 17.1. The molecular formula is C17H36IN3O2S. The molecule has 0 aliphatic carbocycles. The molecule has 0 radical (unpaired) electrons. The van der Waals surface area contributed by atoms with Crippen molar-refractivity contribution in [1.29, 1.82) is 0 Å². The number of rotatable bonds is 9. The summed E-state index contributed by atoms with van der Waals surface area (Å²) < 4.78 is 11.2. The molecule has 0 aromatic carbocycles. The van der Waals surface area contributed by atoms with Crippen molar-refractivity contribution in [2.24, 2.45) is 4.99 Å². The number of guanidine groups is 1. The Morgan fingerprint density at radius 3 is 2.50 bits per heavy atom. The molecule has 0 aromatic rings. The van der Waals surface area contributed by atoms with Crippen molar-refractivity contribution in [1.82, 2.24) is 10.2 Å². The molecule has 144 valence electrons. The summed E-state index contributed by atoms with van der Waals surface area (Å²) in [7, 11) is 1.73. The van der Waals surface area contributed by atoms with Crippen LogP contribution in [0.1, 0.15) is 40.0 Å². The van der Waals surface area contributed by atoms with E-state index in [1.165, 1.54) is 0 Å². The second-order valence-electron chi connectivity index (χ2n) is 6.54. The fourth-order valence-corrected chi connectivity index (χ4v) is 2.64. The number of ether oxygens (including phenoxy) is 2. The lowest BCUT2D eigenvalue weighted by Gasteiger charge is -2.34. The van der Waals surface area contributed by atoms with Crippen LogP contribution in [0.25, 0.3) is 0 Å². The van der Waals surface area contributed by atoms with E-state index < -0.39 is 0 Å². The number of aliphatic imine (C=N–C) groups is 1. The third kappa shape index (κ3) is 9.68. The number of halogens is 1. The van der Waals surface area contributed by atoms with E-state index >= 15 is 0 Å². The van der Waals surface area contributed by atoms with Gasteiger partial charge in [-0.25, -0.2) is 0 Å². The number of nitrogens with zero attached hydrogens (tertiary/aromatic N) is 2. The molecule has 1 saturated heterocycles. The van der Waals surface area contributed by atoms with Crippen molar-refractivity contribution in [3.05, 3.63) is 0 Å². The van der Waals surface area contributed by atoms with Gasteiger partial charge in [-0.2, -0.15) is 11.8 Å². The van der Waals surface area contributed by atoms with Crippen molar-refractivity contribution in [2.45, 2.75) is 50.9 Å². The first-order valence-electron chi connectivity index (χ1n) is 8.71. The zero-order valence-electron chi connectivity index (χ0n) is 16.0. The lowest BCUT2D eigenvalue weighted by molar-refractivity contribution is 0.00990. The van der Waals surface area contributed by atoms with Gasteiger partial charge in [-0.3, -0.25) is 4.99 Å². The van der Waals surface area contributed by atoms with Gasteiger partial charge in [0.2, 0.25) is 0 Å². The molecule has 1 aliphatic rings. The molecule has 0 atom stereocenters. The van der Waals surface area contributed by atoms with E-state index in [0.717, 1.165) is 64.6 Å².